The Kier molecular flexibility index (Phi) is 8.12. The molecule has 1 heterocycles. The number of aliphatic carboxylic acids is 2. The molecule has 30 heavy (non-hydrogen) atoms. The number of anilines is 1. The smallest absolute Gasteiger partial charge is 0.326 e. The minimum absolute atomic E-state index is 0.107. The van der Waals surface area contributed by atoms with Crippen LogP contribution < -0.4 is 15.4 Å². The van der Waals surface area contributed by atoms with E-state index in [0.717, 1.165) is 0 Å². The molecule has 0 saturated heterocycles. The molecule has 2 aromatic rings. The Morgan fingerprint density at radius 3 is 2.37 bits per heavy atom. The van der Waals surface area contributed by atoms with E-state index in [9.17, 15) is 24.3 Å². The van der Waals surface area contributed by atoms with Crippen LogP contribution in [0.15, 0.2) is 42.5 Å². The van der Waals surface area contributed by atoms with Crippen molar-refractivity contribution in [3.63, 3.8) is 0 Å². The van der Waals surface area contributed by atoms with Gasteiger partial charge in [-0.2, -0.15) is 0 Å². The summed E-state index contributed by atoms with van der Waals surface area (Å²) in [4.78, 5) is 50.1. The van der Waals surface area contributed by atoms with Gasteiger partial charge in [0.05, 0.1) is 0 Å². The van der Waals surface area contributed by atoms with Crippen molar-refractivity contribution in [1.29, 1.82) is 0 Å². The molecule has 0 fully saturated rings. The number of rotatable bonds is 10. The summed E-state index contributed by atoms with van der Waals surface area (Å²) in [6.45, 7) is 0. The molecular formula is C19H18ClN3O7. The Labute approximate surface area is 175 Å². The first-order valence-corrected chi connectivity index (χ1v) is 9.19. The molecule has 4 N–H and O–H groups in total. The van der Waals surface area contributed by atoms with Crippen LogP contribution in [0.5, 0.6) is 11.6 Å². The molecule has 0 bridgehead atoms. The first-order valence-electron chi connectivity index (χ1n) is 8.65. The van der Waals surface area contributed by atoms with Crippen molar-refractivity contribution in [3.8, 4) is 11.6 Å². The van der Waals surface area contributed by atoms with Gasteiger partial charge in [0.1, 0.15) is 29.1 Å². The molecule has 0 unspecified atom stereocenters. The molecule has 2 rings (SSSR count). The van der Waals surface area contributed by atoms with Gasteiger partial charge in [0.2, 0.25) is 11.8 Å². The maximum absolute atomic E-state index is 12.5. The normalized spacial score (nSPS) is 11.2. The summed E-state index contributed by atoms with van der Waals surface area (Å²) in [5.74, 6) is -3.97. The number of carboxylic acids is 2. The fourth-order valence-electron chi connectivity index (χ4n) is 2.28. The summed E-state index contributed by atoms with van der Waals surface area (Å²) >= 11 is 5.50. The lowest BCUT2D eigenvalue weighted by atomic mass is 10.1. The van der Waals surface area contributed by atoms with Crippen LogP contribution in [0, 0.1) is 0 Å². The number of alkyl halides is 1. The average molecular weight is 436 g/mol. The molecule has 1 aromatic heterocycles. The minimum Gasteiger partial charge on any atom is -0.481 e. The second-order valence-electron chi connectivity index (χ2n) is 5.94. The number of carbonyl (C=O) groups excluding carboxylic acids is 2. The third-order valence-corrected chi connectivity index (χ3v) is 3.94. The fourth-order valence-corrected chi connectivity index (χ4v) is 2.35. The van der Waals surface area contributed by atoms with Gasteiger partial charge in [-0.05, 0) is 30.7 Å². The van der Waals surface area contributed by atoms with Crippen LogP contribution in [0.3, 0.4) is 0 Å². The van der Waals surface area contributed by atoms with Gasteiger partial charge in [-0.3, -0.25) is 14.4 Å². The highest BCUT2D eigenvalue weighted by Gasteiger charge is 2.23. The lowest BCUT2D eigenvalue weighted by Gasteiger charge is -2.15. The van der Waals surface area contributed by atoms with E-state index < -0.39 is 36.2 Å². The molecular weight excluding hydrogens is 418 g/mol. The molecule has 158 valence electrons. The number of carbonyl (C=O) groups is 4. The van der Waals surface area contributed by atoms with E-state index >= 15 is 0 Å². The minimum atomic E-state index is -1.41. The maximum Gasteiger partial charge on any atom is 0.326 e. The molecule has 0 saturated carbocycles. The zero-order chi connectivity index (χ0) is 22.1. The second-order valence-corrected chi connectivity index (χ2v) is 6.21. The first kappa shape index (κ1) is 22.6. The zero-order valence-electron chi connectivity index (χ0n) is 15.5. The molecule has 1 atom stereocenters. The lowest BCUT2D eigenvalue weighted by molar-refractivity contribution is -0.140. The van der Waals surface area contributed by atoms with E-state index in [2.05, 4.69) is 15.6 Å². The predicted molar refractivity (Wildman–Crippen MR) is 106 cm³/mol. The lowest BCUT2D eigenvalue weighted by Crippen LogP contribution is -2.41. The fraction of sp³-hybridized carbons (Fsp3) is 0.211. The third kappa shape index (κ3) is 6.74. The maximum atomic E-state index is 12.5. The van der Waals surface area contributed by atoms with Crippen molar-refractivity contribution < 1.29 is 34.1 Å². The van der Waals surface area contributed by atoms with Crippen LogP contribution in [0.4, 0.5) is 5.69 Å². The largest absolute Gasteiger partial charge is 0.481 e. The second kappa shape index (κ2) is 10.8. The van der Waals surface area contributed by atoms with Gasteiger partial charge in [-0.1, -0.05) is 18.2 Å². The summed E-state index contributed by atoms with van der Waals surface area (Å²) < 4.78 is 5.63. The van der Waals surface area contributed by atoms with Crippen molar-refractivity contribution in [2.24, 2.45) is 0 Å². The number of benzene rings is 1. The Bertz CT molecular complexity index is 937. The molecule has 0 spiro atoms. The van der Waals surface area contributed by atoms with E-state index in [0.29, 0.717) is 5.75 Å². The summed E-state index contributed by atoms with van der Waals surface area (Å²) in [6, 6.07) is 9.66. The third-order valence-electron chi connectivity index (χ3n) is 3.70. The Morgan fingerprint density at radius 2 is 1.77 bits per heavy atom. The summed E-state index contributed by atoms with van der Waals surface area (Å²) in [5.41, 5.74) is -0.0342. The molecule has 0 radical (unpaired) electrons. The quantitative estimate of drug-likeness (QED) is 0.413. The van der Waals surface area contributed by atoms with Crippen molar-refractivity contribution in [1.82, 2.24) is 10.3 Å². The van der Waals surface area contributed by atoms with Crippen LogP contribution in [0.2, 0.25) is 0 Å². The summed E-state index contributed by atoms with van der Waals surface area (Å²) in [7, 11) is 0. The van der Waals surface area contributed by atoms with E-state index in [4.69, 9.17) is 21.4 Å². The SMILES string of the molecule is O=C(O)CC[C@H](NC(=O)c1ccc(NC(=O)CCl)c(Oc2ccccc2)n1)C(=O)O. The van der Waals surface area contributed by atoms with Gasteiger partial charge in [0.25, 0.3) is 5.91 Å². The number of amides is 2. The molecule has 1 aromatic carbocycles. The van der Waals surface area contributed by atoms with Gasteiger partial charge in [0, 0.05) is 6.42 Å². The number of nitrogens with one attached hydrogen (secondary N) is 2. The Morgan fingerprint density at radius 1 is 1.07 bits per heavy atom. The highest BCUT2D eigenvalue weighted by Crippen LogP contribution is 2.28. The van der Waals surface area contributed by atoms with Crippen LogP contribution >= 0.6 is 11.6 Å². The zero-order valence-corrected chi connectivity index (χ0v) is 16.3. The summed E-state index contributed by atoms with van der Waals surface area (Å²) in [6.07, 6.45) is -0.732. The highest BCUT2D eigenvalue weighted by molar-refractivity contribution is 6.29. The summed E-state index contributed by atoms with van der Waals surface area (Å²) in [5, 5.41) is 22.6. The average Bonchev–Trinajstić information content (AvgIpc) is 2.72. The van der Waals surface area contributed by atoms with Crippen LogP contribution in [-0.2, 0) is 14.4 Å². The van der Waals surface area contributed by atoms with Gasteiger partial charge in [-0.15, -0.1) is 11.6 Å². The van der Waals surface area contributed by atoms with Gasteiger partial charge in [0.15, 0.2) is 0 Å². The number of ether oxygens (including phenoxy) is 1. The van der Waals surface area contributed by atoms with Crippen molar-refractivity contribution >= 4 is 41.0 Å². The van der Waals surface area contributed by atoms with E-state index in [-0.39, 0.29) is 29.6 Å². The molecule has 10 nitrogen and oxygen atoms in total. The first-order chi connectivity index (χ1) is 14.3. The topological polar surface area (TPSA) is 155 Å². The number of pyridine rings is 1. The van der Waals surface area contributed by atoms with Gasteiger partial charge < -0.3 is 25.6 Å². The van der Waals surface area contributed by atoms with Crippen molar-refractivity contribution in [2.75, 3.05) is 11.2 Å². The van der Waals surface area contributed by atoms with Crippen LogP contribution in [0.1, 0.15) is 23.3 Å². The van der Waals surface area contributed by atoms with Gasteiger partial charge in [-0.25, -0.2) is 9.78 Å². The van der Waals surface area contributed by atoms with Crippen molar-refractivity contribution in [3.05, 3.63) is 48.2 Å². The van der Waals surface area contributed by atoms with E-state index in [1.165, 1.54) is 12.1 Å². The van der Waals surface area contributed by atoms with E-state index in [1.54, 1.807) is 30.3 Å². The Hall–Kier alpha value is -3.66. The highest BCUT2D eigenvalue weighted by atomic mass is 35.5. The Balaban J connectivity index is 2.27. The molecule has 0 aliphatic carbocycles. The number of para-hydroxylation sites is 1. The van der Waals surface area contributed by atoms with Crippen molar-refractivity contribution in [2.45, 2.75) is 18.9 Å². The number of aromatic nitrogens is 1. The van der Waals surface area contributed by atoms with Crippen LogP contribution in [0.25, 0.3) is 0 Å². The number of carboxylic acid groups (broad SMARTS) is 2. The predicted octanol–water partition coefficient (Wildman–Crippen LogP) is 2.10. The monoisotopic (exact) mass is 435 g/mol. The number of halogens is 1. The number of hydrogen-bond acceptors (Lipinski definition) is 6. The molecule has 11 heteroatoms. The molecule has 0 aliphatic heterocycles. The molecule has 0 aliphatic rings. The number of nitrogens with zero attached hydrogens (tertiary/aromatic N) is 1. The van der Waals surface area contributed by atoms with Crippen LogP contribution in [-0.4, -0.2) is 50.9 Å². The molecule has 2 amide bonds. The van der Waals surface area contributed by atoms with E-state index in [1.807, 2.05) is 0 Å². The standard InChI is InChI=1S/C19H18ClN3O7/c20-10-15(24)21-13-7-6-12(23-18(13)30-11-4-2-1-3-5-11)17(27)22-14(19(28)29)8-9-16(25)26/h1-7,14H,8-10H2,(H,21,24)(H,22,27)(H,25,26)(H,28,29)/t14-/m0/s1. The van der Waals surface area contributed by atoms with Gasteiger partial charge >= 0.3 is 11.9 Å². The number of hydrogen-bond donors (Lipinski definition) is 4.